The van der Waals surface area contributed by atoms with E-state index >= 15 is 0 Å². The molecule has 2 fully saturated rings. The molecule has 17 heavy (non-hydrogen) atoms. The van der Waals surface area contributed by atoms with Gasteiger partial charge in [-0.2, -0.15) is 0 Å². The molecule has 0 aliphatic carbocycles. The average Bonchev–Trinajstić information content (AvgIpc) is 2.15. The quantitative estimate of drug-likeness (QED) is 0.725. The summed E-state index contributed by atoms with van der Waals surface area (Å²) in [4.78, 5) is 13.9. The number of likely N-dealkylation sites (N-methyl/N-ethyl adjacent to an activating group) is 1. The van der Waals surface area contributed by atoms with Crippen LogP contribution < -0.4 is 10.6 Å². The molecule has 0 bridgehead atoms. The van der Waals surface area contributed by atoms with E-state index in [-0.39, 0.29) is 18.3 Å². The number of hydrogen-bond acceptors (Lipinski definition) is 4. The van der Waals surface area contributed by atoms with Crippen LogP contribution in [0, 0.1) is 0 Å². The minimum absolute atomic E-state index is 0. The zero-order valence-electron chi connectivity index (χ0n) is 10.3. The molecule has 0 unspecified atom stereocenters. The van der Waals surface area contributed by atoms with Crippen molar-refractivity contribution in [2.45, 2.75) is 24.9 Å². The molecule has 2 N–H and O–H groups in total. The van der Waals surface area contributed by atoms with E-state index in [2.05, 4.69) is 15.5 Å². The number of halogens is 1. The van der Waals surface area contributed by atoms with E-state index < -0.39 is 0 Å². The Labute approximate surface area is 109 Å². The van der Waals surface area contributed by atoms with Gasteiger partial charge in [0.15, 0.2) is 0 Å². The molecular formula is C11H22ClN3O2. The van der Waals surface area contributed by atoms with E-state index in [9.17, 15) is 4.79 Å². The van der Waals surface area contributed by atoms with Crippen molar-refractivity contribution in [1.29, 1.82) is 0 Å². The fourth-order valence-electron chi connectivity index (χ4n) is 2.06. The van der Waals surface area contributed by atoms with E-state index in [1.54, 1.807) is 0 Å². The molecule has 0 saturated carbocycles. The van der Waals surface area contributed by atoms with Gasteiger partial charge in [0.2, 0.25) is 5.91 Å². The maximum atomic E-state index is 11.8. The number of hydrogen-bond donors (Lipinski definition) is 2. The van der Waals surface area contributed by atoms with Gasteiger partial charge in [0.05, 0.1) is 6.54 Å². The second-order valence-corrected chi connectivity index (χ2v) is 4.68. The molecule has 0 aromatic rings. The van der Waals surface area contributed by atoms with Crippen LogP contribution in [0.4, 0.5) is 0 Å². The molecule has 0 atom stereocenters. The van der Waals surface area contributed by atoms with Crippen LogP contribution in [0.3, 0.4) is 0 Å². The van der Waals surface area contributed by atoms with Gasteiger partial charge in [-0.1, -0.05) is 0 Å². The molecule has 0 spiro atoms. The Morgan fingerprint density at radius 1 is 1.41 bits per heavy atom. The molecule has 0 aromatic heterocycles. The number of ether oxygens (including phenoxy) is 1. The summed E-state index contributed by atoms with van der Waals surface area (Å²) in [5.74, 6) is 0.140. The van der Waals surface area contributed by atoms with E-state index in [1.807, 2.05) is 7.05 Å². The molecule has 100 valence electrons. The first kappa shape index (κ1) is 14.7. The lowest BCUT2D eigenvalue weighted by Crippen LogP contribution is -2.58. The van der Waals surface area contributed by atoms with E-state index in [1.165, 1.54) is 0 Å². The SMILES string of the molecule is CN(CC(=O)NC1CCOCC1)C1CNC1.Cl. The molecule has 0 aromatic carbocycles. The monoisotopic (exact) mass is 263 g/mol. The molecule has 2 aliphatic heterocycles. The molecule has 2 heterocycles. The van der Waals surface area contributed by atoms with Crippen molar-refractivity contribution in [3.8, 4) is 0 Å². The van der Waals surface area contributed by atoms with Gasteiger partial charge >= 0.3 is 0 Å². The summed E-state index contributed by atoms with van der Waals surface area (Å²) in [5, 5.41) is 6.28. The Balaban J connectivity index is 0.00000144. The Kier molecular flexibility index (Phi) is 6.19. The minimum Gasteiger partial charge on any atom is -0.381 e. The first-order chi connectivity index (χ1) is 7.75. The van der Waals surface area contributed by atoms with Gasteiger partial charge in [0.25, 0.3) is 0 Å². The molecule has 1 amide bonds. The Morgan fingerprint density at radius 2 is 2.06 bits per heavy atom. The fourth-order valence-corrected chi connectivity index (χ4v) is 2.06. The highest BCUT2D eigenvalue weighted by atomic mass is 35.5. The van der Waals surface area contributed by atoms with E-state index in [0.29, 0.717) is 18.6 Å². The summed E-state index contributed by atoms with van der Waals surface area (Å²) in [5.41, 5.74) is 0. The minimum atomic E-state index is 0. The van der Waals surface area contributed by atoms with Gasteiger partial charge in [-0.05, 0) is 19.9 Å². The lowest BCUT2D eigenvalue weighted by Gasteiger charge is -2.35. The second-order valence-electron chi connectivity index (χ2n) is 4.68. The second kappa shape index (κ2) is 7.16. The molecule has 2 aliphatic rings. The van der Waals surface area contributed by atoms with Gasteiger partial charge < -0.3 is 15.4 Å². The van der Waals surface area contributed by atoms with E-state index in [4.69, 9.17) is 4.74 Å². The zero-order chi connectivity index (χ0) is 11.4. The third-order valence-corrected chi connectivity index (χ3v) is 3.36. The molecule has 2 rings (SSSR count). The van der Waals surface area contributed by atoms with Crippen LogP contribution in [0.2, 0.25) is 0 Å². The van der Waals surface area contributed by atoms with Crippen LogP contribution in [0.1, 0.15) is 12.8 Å². The number of rotatable bonds is 4. The van der Waals surface area contributed by atoms with Gasteiger partial charge in [-0.3, -0.25) is 9.69 Å². The van der Waals surface area contributed by atoms with Crippen LogP contribution in [0.25, 0.3) is 0 Å². The maximum Gasteiger partial charge on any atom is 0.234 e. The number of nitrogens with one attached hydrogen (secondary N) is 2. The molecule has 2 saturated heterocycles. The number of nitrogens with zero attached hydrogens (tertiary/aromatic N) is 1. The first-order valence-corrected chi connectivity index (χ1v) is 6.04. The third-order valence-electron chi connectivity index (χ3n) is 3.36. The number of carbonyl (C=O) groups is 1. The van der Waals surface area contributed by atoms with Crippen molar-refractivity contribution in [2.75, 3.05) is 39.9 Å². The summed E-state index contributed by atoms with van der Waals surface area (Å²) in [6.07, 6.45) is 1.89. The van der Waals surface area contributed by atoms with Crippen LogP contribution in [-0.4, -0.2) is 62.8 Å². The van der Waals surface area contributed by atoms with Crippen molar-refractivity contribution >= 4 is 18.3 Å². The van der Waals surface area contributed by atoms with Crippen molar-refractivity contribution in [3.05, 3.63) is 0 Å². The third kappa shape index (κ3) is 4.43. The largest absolute Gasteiger partial charge is 0.381 e. The summed E-state index contributed by atoms with van der Waals surface area (Å²) >= 11 is 0. The van der Waals surface area contributed by atoms with Crippen molar-refractivity contribution in [2.24, 2.45) is 0 Å². The van der Waals surface area contributed by atoms with Gasteiger partial charge in [0, 0.05) is 38.4 Å². The van der Waals surface area contributed by atoms with Crippen molar-refractivity contribution in [1.82, 2.24) is 15.5 Å². The first-order valence-electron chi connectivity index (χ1n) is 6.04. The Hall–Kier alpha value is -0.360. The molecule has 5 nitrogen and oxygen atoms in total. The molecule has 6 heteroatoms. The highest BCUT2D eigenvalue weighted by Crippen LogP contribution is 2.06. The lowest BCUT2D eigenvalue weighted by atomic mass is 10.1. The number of carbonyl (C=O) groups excluding carboxylic acids is 1. The Bertz CT molecular complexity index is 237. The predicted molar refractivity (Wildman–Crippen MR) is 68.5 cm³/mol. The highest BCUT2D eigenvalue weighted by molar-refractivity contribution is 5.85. The summed E-state index contributed by atoms with van der Waals surface area (Å²) in [7, 11) is 2.01. The average molecular weight is 264 g/mol. The van der Waals surface area contributed by atoms with Crippen molar-refractivity contribution in [3.63, 3.8) is 0 Å². The molecular weight excluding hydrogens is 242 g/mol. The number of amides is 1. The Morgan fingerprint density at radius 3 is 2.59 bits per heavy atom. The zero-order valence-corrected chi connectivity index (χ0v) is 11.1. The maximum absolute atomic E-state index is 11.8. The van der Waals surface area contributed by atoms with E-state index in [0.717, 1.165) is 39.1 Å². The van der Waals surface area contributed by atoms with Crippen LogP contribution in [0.5, 0.6) is 0 Å². The summed E-state index contributed by atoms with van der Waals surface area (Å²) in [6.45, 7) is 4.05. The summed E-state index contributed by atoms with van der Waals surface area (Å²) in [6, 6.07) is 0.842. The van der Waals surface area contributed by atoms with Crippen LogP contribution in [-0.2, 0) is 9.53 Å². The topological polar surface area (TPSA) is 53.6 Å². The highest BCUT2D eigenvalue weighted by Gasteiger charge is 2.24. The van der Waals surface area contributed by atoms with Crippen LogP contribution in [0.15, 0.2) is 0 Å². The molecule has 0 radical (unpaired) electrons. The standard InChI is InChI=1S/C11H21N3O2.ClH/c1-14(10-6-12-7-10)8-11(15)13-9-2-4-16-5-3-9;/h9-10,12H,2-8H2,1H3,(H,13,15);1H. The van der Waals surface area contributed by atoms with Crippen LogP contribution >= 0.6 is 12.4 Å². The smallest absolute Gasteiger partial charge is 0.234 e. The van der Waals surface area contributed by atoms with Gasteiger partial charge in [-0.25, -0.2) is 0 Å². The lowest BCUT2D eigenvalue weighted by molar-refractivity contribution is -0.123. The fraction of sp³-hybridized carbons (Fsp3) is 0.909. The van der Waals surface area contributed by atoms with Gasteiger partial charge in [-0.15, -0.1) is 12.4 Å². The van der Waals surface area contributed by atoms with Gasteiger partial charge in [0.1, 0.15) is 0 Å². The summed E-state index contributed by atoms with van der Waals surface area (Å²) < 4.78 is 5.26. The predicted octanol–water partition coefficient (Wildman–Crippen LogP) is -0.393. The normalized spacial score (nSPS) is 21.8. The van der Waals surface area contributed by atoms with Crippen molar-refractivity contribution < 1.29 is 9.53 Å².